The molecule has 1 heterocycles. The maximum atomic E-state index is 5.67. The van der Waals surface area contributed by atoms with Crippen molar-refractivity contribution in [3.63, 3.8) is 0 Å². The number of para-hydroxylation sites is 1. The van der Waals surface area contributed by atoms with Crippen LogP contribution in [0.5, 0.6) is 5.75 Å². The number of benzene rings is 1. The first kappa shape index (κ1) is 18.3. The molecule has 22 heavy (non-hydrogen) atoms. The Labute approximate surface area is 147 Å². The summed E-state index contributed by atoms with van der Waals surface area (Å²) in [5.74, 6) is 1.66. The summed E-state index contributed by atoms with van der Waals surface area (Å²) in [6, 6.07) is 11.6. The second-order valence-corrected chi connectivity index (χ2v) is 4.47. The minimum absolute atomic E-state index is 0. The van der Waals surface area contributed by atoms with Gasteiger partial charge in [-0.2, -0.15) is 0 Å². The summed E-state index contributed by atoms with van der Waals surface area (Å²) < 4.78 is 10.5. The Hall–Kier alpha value is -1.77. The van der Waals surface area contributed by atoms with Gasteiger partial charge in [-0.15, -0.1) is 24.0 Å². The molecule has 2 rings (SSSR count). The van der Waals surface area contributed by atoms with Crippen LogP contribution < -0.4 is 10.1 Å². The van der Waals surface area contributed by atoms with Crippen LogP contribution in [0.1, 0.15) is 5.69 Å². The lowest BCUT2D eigenvalue weighted by Gasteiger charge is -2.21. The highest BCUT2D eigenvalue weighted by Crippen LogP contribution is 2.07. The molecular formula is C15H21IN4O2. The lowest BCUT2D eigenvalue weighted by atomic mass is 10.3. The SMILES string of the molecule is CN=C(NCc1ccon1)N(C)CCOc1ccccc1.I. The van der Waals surface area contributed by atoms with E-state index in [-0.39, 0.29) is 24.0 Å². The highest BCUT2D eigenvalue weighted by Gasteiger charge is 2.06. The van der Waals surface area contributed by atoms with Crippen LogP contribution in [0.25, 0.3) is 0 Å². The summed E-state index contributed by atoms with van der Waals surface area (Å²) in [6.45, 7) is 1.89. The van der Waals surface area contributed by atoms with Crippen molar-refractivity contribution in [2.75, 3.05) is 27.2 Å². The minimum atomic E-state index is 0. The molecule has 0 fully saturated rings. The zero-order chi connectivity index (χ0) is 14.9. The standard InChI is InChI=1S/C15H20N4O2.HI/c1-16-15(17-12-13-8-10-21-18-13)19(2)9-11-20-14-6-4-3-5-7-14;/h3-8,10H,9,11-12H2,1-2H3,(H,16,17);1H. The third-order valence-electron chi connectivity index (χ3n) is 2.93. The Bertz CT molecular complexity index is 546. The van der Waals surface area contributed by atoms with Gasteiger partial charge in [-0.25, -0.2) is 0 Å². The number of likely N-dealkylation sites (N-methyl/N-ethyl adjacent to an activating group) is 1. The molecular weight excluding hydrogens is 395 g/mol. The summed E-state index contributed by atoms with van der Waals surface area (Å²) in [4.78, 5) is 6.23. The van der Waals surface area contributed by atoms with E-state index in [9.17, 15) is 0 Å². The molecule has 0 amide bonds. The second kappa shape index (κ2) is 10.0. The van der Waals surface area contributed by atoms with Gasteiger partial charge in [-0.05, 0) is 12.1 Å². The summed E-state index contributed by atoms with van der Waals surface area (Å²) in [6.07, 6.45) is 1.55. The first-order valence-electron chi connectivity index (χ1n) is 6.78. The number of nitrogens with zero attached hydrogens (tertiary/aromatic N) is 3. The maximum absolute atomic E-state index is 5.67. The lowest BCUT2D eigenvalue weighted by molar-refractivity contribution is 0.281. The number of rotatable bonds is 6. The minimum Gasteiger partial charge on any atom is -0.492 e. The first-order valence-corrected chi connectivity index (χ1v) is 6.78. The molecule has 1 N–H and O–H groups in total. The van der Waals surface area contributed by atoms with Crippen molar-refractivity contribution in [1.29, 1.82) is 0 Å². The maximum Gasteiger partial charge on any atom is 0.193 e. The van der Waals surface area contributed by atoms with Crippen LogP contribution in [0.15, 0.2) is 52.2 Å². The fourth-order valence-corrected chi connectivity index (χ4v) is 1.81. The first-order chi connectivity index (χ1) is 10.3. The van der Waals surface area contributed by atoms with E-state index in [1.165, 1.54) is 0 Å². The molecule has 0 aliphatic heterocycles. The van der Waals surface area contributed by atoms with Crippen molar-refractivity contribution in [3.8, 4) is 5.75 Å². The van der Waals surface area contributed by atoms with Crippen LogP contribution >= 0.6 is 24.0 Å². The molecule has 0 saturated heterocycles. The number of aliphatic imine (C=N–C) groups is 1. The van der Waals surface area contributed by atoms with E-state index < -0.39 is 0 Å². The van der Waals surface area contributed by atoms with Gasteiger partial charge in [0.1, 0.15) is 24.3 Å². The number of ether oxygens (including phenoxy) is 1. The van der Waals surface area contributed by atoms with Crippen LogP contribution in [0.2, 0.25) is 0 Å². The van der Waals surface area contributed by atoms with Crippen LogP contribution in [-0.4, -0.2) is 43.3 Å². The Morgan fingerprint density at radius 3 is 2.73 bits per heavy atom. The van der Waals surface area contributed by atoms with Gasteiger partial charge in [-0.1, -0.05) is 23.4 Å². The van der Waals surface area contributed by atoms with Gasteiger partial charge >= 0.3 is 0 Å². The molecule has 0 aliphatic carbocycles. The molecule has 120 valence electrons. The smallest absolute Gasteiger partial charge is 0.193 e. The molecule has 7 heteroatoms. The summed E-state index contributed by atoms with van der Waals surface area (Å²) >= 11 is 0. The van der Waals surface area contributed by atoms with Crippen LogP contribution in [0.3, 0.4) is 0 Å². The van der Waals surface area contributed by atoms with E-state index >= 15 is 0 Å². The quantitative estimate of drug-likeness (QED) is 0.445. The number of hydrogen-bond acceptors (Lipinski definition) is 4. The normalized spacial score (nSPS) is 10.7. The Kier molecular flexibility index (Phi) is 8.34. The molecule has 1 aromatic heterocycles. The third-order valence-corrected chi connectivity index (χ3v) is 2.93. The Morgan fingerprint density at radius 1 is 1.32 bits per heavy atom. The number of nitrogens with one attached hydrogen (secondary N) is 1. The summed E-state index contributed by atoms with van der Waals surface area (Å²) in [7, 11) is 3.71. The van der Waals surface area contributed by atoms with Crippen molar-refractivity contribution < 1.29 is 9.26 Å². The molecule has 0 aliphatic rings. The molecule has 0 atom stereocenters. The number of guanidine groups is 1. The second-order valence-electron chi connectivity index (χ2n) is 4.47. The van der Waals surface area contributed by atoms with E-state index in [4.69, 9.17) is 9.26 Å². The van der Waals surface area contributed by atoms with Crippen molar-refractivity contribution >= 4 is 29.9 Å². The molecule has 0 bridgehead atoms. The van der Waals surface area contributed by atoms with Gasteiger partial charge in [-0.3, -0.25) is 4.99 Å². The average molecular weight is 416 g/mol. The van der Waals surface area contributed by atoms with Crippen molar-refractivity contribution in [1.82, 2.24) is 15.4 Å². The van der Waals surface area contributed by atoms with Crippen LogP contribution in [0, 0.1) is 0 Å². The molecule has 2 aromatic rings. The number of hydrogen-bond donors (Lipinski definition) is 1. The Balaban J connectivity index is 0.00000242. The molecule has 0 unspecified atom stereocenters. The monoisotopic (exact) mass is 416 g/mol. The zero-order valence-corrected chi connectivity index (χ0v) is 15.1. The summed E-state index contributed by atoms with van der Waals surface area (Å²) in [5, 5.41) is 7.07. The van der Waals surface area contributed by atoms with Gasteiger partial charge in [0.15, 0.2) is 5.96 Å². The summed E-state index contributed by atoms with van der Waals surface area (Å²) in [5.41, 5.74) is 0.838. The van der Waals surface area contributed by atoms with Gasteiger partial charge in [0.05, 0.1) is 13.1 Å². The topological polar surface area (TPSA) is 62.9 Å². The lowest BCUT2D eigenvalue weighted by Crippen LogP contribution is -2.40. The molecule has 0 spiro atoms. The fraction of sp³-hybridized carbons (Fsp3) is 0.333. The van der Waals surface area contributed by atoms with E-state index in [1.54, 1.807) is 13.3 Å². The fourth-order valence-electron chi connectivity index (χ4n) is 1.81. The van der Waals surface area contributed by atoms with E-state index in [2.05, 4.69) is 15.5 Å². The third kappa shape index (κ3) is 5.92. The van der Waals surface area contributed by atoms with Crippen LogP contribution in [0.4, 0.5) is 0 Å². The molecule has 0 saturated carbocycles. The molecule has 0 radical (unpaired) electrons. The van der Waals surface area contributed by atoms with Crippen LogP contribution in [-0.2, 0) is 6.54 Å². The number of halogens is 1. The number of aromatic nitrogens is 1. The van der Waals surface area contributed by atoms with E-state index in [0.29, 0.717) is 13.2 Å². The zero-order valence-electron chi connectivity index (χ0n) is 12.7. The average Bonchev–Trinajstić information content (AvgIpc) is 3.02. The van der Waals surface area contributed by atoms with Gasteiger partial charge in [0.2, 0.25) is 0 Å². The van der Waals surface area contributed by atoms with E-state index in [1.807, 2.05) is 48.3 Å². The van der Waals surface area contributed by atoms with Gasteiger partial charge in [0.25, 0.3) is 0 Å². The highest BCUT2D eigenvalue weighted by atomic mass is 127. The largest absolute Gasteiger partial charge is 0.492 e. The predicted octanol–water partition coefficient (Wildman–Crippen LogP) is 2.38. The van der Waals surface area contributed by atoms with Gasteiger partial charge in [0, 0.05) is 20.2 Å². The van der Waals surface area contributed by atoms with Gasteiger partial charge < -0.3 is 19.5 Å². The highest BCUT2D eigenvalue weighted by molar-refractivity contribution is 14.0. The van der Waals surface area contributed by atoms with Crippen molar-refractivity contribution in [2.45, 2.75) is 6.54 Å². The van der Waals surface area contributed by atoms with Crippen molar-refractivity contribution in [3.05, 3.63) is 48.4 Å². The predicted molar refractivity (Wildman–Crippen MR) is 96.7 cm³/mol. The molecule has 6 nitrogen and oxygen atoms in total. The molecule has 1 aromatic carbocycles. The van der Waals surface area contributed by atoms with Crippen molar-refractivity contribution in [2.24, 2.45) is 4.99 Å². The van der Waals surface area contributed by atoms with E-state index in [0.717, 1.165) is 23.9 Å². The Morgan fingerprint density at radius 2 is 2.09 bits per heavy atom.